The first-order chi connectivity index (χ1) is 13.8. The van der Waals surface area contributed by atoms with Crippen LogP contribution >= 0.6 is 0 Å². The van der Waals surface area contributed by atoms with Crippen LogP contribution in [0.15, 0.2) is 30.3 Å². The molecule has 2 rings (SSSR count). The molecule has 3 amide bonds. The van der Waals surface area contributed by atoms with Crippen molar-refractivity contribution in [2.24, 2.45) is 0 Å². The zero-order valence-corrected chi connectivity index (χ0v) is 14.7. The monoisotopic (exact) mass is 440 g/mol. The molecule has 7 nitrogen and oxygen atoms in total. The minimum absolute atomic E-state index is 0.122. The fourth-order valence-corrected chi connectivity index (χ4v) is 1.98. The van der Waals surface area contributed by atoms with Gasteiger partial charge in [-0.05, 0) is 31.2 Å². The summed E-state index contributed by atoms with van der Waals surface area (Å²) >= 11 is 0. The number of rotatable bonds is 5. The molecule has 0 unspecified atom stereocenters. The highest BCUT2D eigenvalue weighted by Gasteiger charge is 2.44. The lowest BCUT2D eigenvalue weighted by Gasteiger charge is -2.17. The SMILES string of the molecule is Cc1cc(C(F)(F)F)nc(NC(=O)NC(=O)c2cccc(OC(F)(F)C(F)F)c2)n1. The minimum atomic E-state index is -4.81. The Morgan fingerprint density at radius 2 is 1.73 bits per heavy atom. The van der Waals surface area contributed by atoms with Gasteiger partial charge < -0.3 is 4.74 Å². The molecule has 14 heteroatoms. The maximum absolute atomic E-state index is 12.9. The Hall–Kier alpha value is -3.45. The molecular weight excluding hydrogens is 429 g/mol. The summed E-state index contributed by atoms with van der Waals surface area (Å²) in [6.07, 6.45) is -13.8. The van der Waals surface area contributed by atoms with Gasteiger partial charge in [0.1, 0.15) is 11.4 Å². The van der Waals surface area contributed by atoms with Gasteiger partial charge in [-0.3, -0.25) is 15.4 Å². The Kier molecular flexibility index (Phi) is 6.47. The molecular formula is C16H11F7N4O3. The van der Waals surface area contributed by atoms with Crippen LogP contribution in [0.2, 0.25) is 0 Å². The Labute approximate surface area is 163 Å². The number of carbonyl (C=O) groups excluding carboxylic acids is 2. The van der Waals surface area contributed by atoms with Crippen molar-refractivity contribution in [1.82, 2.24) is 15.3 Å². The number of amides is 3. The van der Waals surface area contributed by atoms with Gasteiger partial charge in [0.15, 0.2) is 0 Å². The Balaban J connectivity index is 2.09. The first kappa shape index (κ1) is 22.8. The maximum Gasteiger partial charge on any atom is 0.461 e. The highest BCUT2D eigenvalue weighted by atomic mass is 19.4. The summed E-state index contributed by atoms with van der Waals surface area (Å²) in [5.41, 5.74) is -1.89. The highest BCUT2D eigenvalue weighted by Crippen LogP contribution is 2.29. The lowest BCUT2D eigenvalue weighted by Crippen LogP contribution is -2.35. The van der Waals surface area contributed by atoms with Gasteiger partial charge in [-0.2, -0.15) is 30.7 Å². The van der Waals surface area contributed by atoms with Crippen molar-refractivity contribution in [2.45, 2.75) is 25.6 Å². The number of imide groups is 1. The Morgan fingerprint density at radius 1 is 1.07 bits per heavy atom. The van der Waals surface area contributed by atoms with E-state index in [1.165, 1.54) is 6.92 Å². The summed E-state index contributed by atoms with van der Waals surface area (Å²) < 4.78 is 92.3. The molecule has 2 aromatic rings. The highest BCUT2D eigenvalue weighted by molar-refractivity contribution is 6.07. The number of alkyl halides is 7. The molecule has 2 N–H and O–H groups in total. The molecule has 0 atom stereocenters. The summed E-state index contributed by atoms with van der Waals surface area (Å²) in [7, 11) is 0. The van der Waals surface area contributed by atoms with Gasteiger partial charge in [0.25, 0.3) is 5.91 Å². The van der Waals surface area contributed by atoms with E-state index >= 15 is 0 Å². The number of ether oxygens (including phenoxy) is 1. The third kappa shape index (κ3) is 6.02. The minimum Gasteiger partial charge on any atom is -0.428 e. The zero-order valence-electron chi connectivity index (χ0n) is 14.7. The van der Waals surface area contributed by atoms with E-state index in [0.717, 1.165) is 18.2 Å². The van der Waals surface area contributed by atoms with Crippen LogP contribution in [0.4, 0.5) is 41.5 Å². The van der Waals surface area contributed by atoms with Crippen LogP contribution in [0.5, 0.6) is 5.75 Å². The van der Waals surface area contributed by atoms with Crippen molar-refractivity contribution in [3.63, 3.8) is 0 Å². The number of aryl methyl sites for hydroxylation is 1. The number of benzene rings is 1. The predicted octanol–water partition coefficient (Wildman–Crippen LogP) is 4.00. The number of anilines is 1. The number of nitrogens with zero attached hydrogens (tertiary/aromatic N) is 2. The lowest BCUT2D eigenvalue weighted by atomic mass is 10.2. The molecule has 1 aromatic carbocycles. The molecule has 30 heavy (non-hydrogen) atoms. The van der Waals surface area contributed by atoms with Crippen molar-refractivity contribution < 1.29 is 45.1 Å². The quantitative estimate of drug-likeness (QED) is 0.686. The van der Waals surface area contributed by atoms with Gasteiger partial charge in [0.05, 0.1) is 0 Å². The summed E-state index contributed by atoms with van der Waals surface area (Å²) in [5, 5.41) is 3.51. The second kappa shape index (κ2) is 8.51. The maximum atomic E-state index is 12.9. The second-order valence-corrected chi connectivity index (χ2v) is 5.62. The molecule has 0 aliphatic heterocycles. The molecule has 1 aromatic heterocycles. The van der Waals surface area contributed by atoms with E-state index in [4.69, 9.17) is 0 Å². The van der Waals surface area contributed by atoms with Crippen molar-refractivity contribution in [3.8, 4) is 5.75 Å². The van der Waals surface area contributed by atoms with Crippen LogP contribution in [-0.4, -0.2) is 34.4 Å². The van der Waals surface area contributed by atoms with E-state index in [9.17, 15) is 40.3 Å². The van der Waals surface area contributed by atoms with Crippen LogP contribution in [0, 0.1) is 6.92 Å². The number of urea groups is 1. The predicted molar refractivity (Wildman–Crippen MR) is 86.3 cm³/mol. The number of carbonyl (C=O) groups is 2. The lowest BCUT2D eigenvalue weighted by molar-refractivity contribution is -0.253. The molecule has 0 saturated carbocycles. The number of aromatic nitrogens is 2. The third-order valence-electron chi connectivity index (χ3n) is 3.20. The summed E-state index contributed by atoms with van der Waals surface area (Å²) in [5.74, 6) is -2.73. The number of hydrogen-bond donors (Lipinski definition) is 2. The summed E-state index contributed by atoms with van der Waals surface area (Å²) in [6.45, 7) is 1.21. The van der Waals surface area contributed by atoms with Gasteiger partial charge >= 0.3 is 24.7 Å². The van der Waals surface area contributed by atoms with Crippen molar-refractivity contribution in [2.75, 3.05) is 5.32 Å². The number of hydrogen-bond acceptors (Lipinski definition) is 5. The summed E-state index contributed by atoms with van der Waals surface area (Å²) in [6, 6.07) is 2.89. The van der Waals surface area contributed by atoms with E-state index in [2.05, 4.69) is 14.7 Å². The number of halogens is 7. The fraction of sp³-hybridized carbons (Fsp3) is 0.250. The topological polar surface area (TPSA) is 93.2 Å². The first-order valence-corrected chi connectivity index (χ1v) is 7.78. The largest absolute Gasteiger partial charge is 0.461 e. The molecule has 0 saturated heterocycles. The molecule has 1 heterocycles. The smallest absolute Gasteiger partial charge is 0.428 e. The second-order valence-electron chi connectivity index (χ2n) is 5.62. The third-order valence-corrected chi connectivity index (χ3v) is 3.20. The molecule has 0 aliphatic carbocycles. The first-order valence-electron chi connectivity index (χ1n) is 7.78. The van der Waals surface area contributed by atoms with Crippen LogP contribution in [0.1, 0.15) is 21.7 Å². The number of nitrogens with one attached hydrogen (secondary N) is 2. The summed E-state index contributed by atoms with van der Waals surface area (Å²) in [4.78, 5) is 30.5. The van der Waals surface area contributed by atoms with Gasteiger partial charge in [0.2, 0.25) is 5.95 Å². The van der Waals surface area contributed by atoms with E-state index in [-0.39, 0.29) is 5.69 Å². The zero-order chi connectivity index (χ0) is 22.7. The van der Waals surface area contributed by atoms with Crippen LogP contribution in [-0.2, 0) is 6.18 Å². The molecule has 162 valence electrons. The van der Waals surface area contributed by atoms with Crippen molar-refractivity contribution in [1.29, 1.82) is 0 Å². The fourth-order valence-electron chi connectivity index (χ4n) is 1.98. The Morgan fingerprint density at radius 3 is 2.33 bits per heavy atom. The van der Waals surface area contributed by atoms with Crippen LogP contribution in [0.25, 0.3) is 0 Å². The van der Waals surface area contributed by atoms with E-state index in [0.29, 0.717) is 12.1 Å². The average Bonchev–Trinajstić information content (AvgIpc) is 2.60. The van der Waals surface area contributed by atoms with Crippen molar-refractivity contribution >= 4 is 17.9 Å². The molecule has 0 fully saturated rings. The van der Waals surface area contributed by atoms with Gasteiger partial charge in [-0.1, -0.05) is 6.07 Å². The Bertz CT molecular complexity index is 951. The normalized spacial score (nSPS) is 11.9. The molecule has 0 spiro atoms. The molecule has 0 bridgehead atoms. The molecule has 0 aliphatic rings. The van der Waals surface area contributed by atoms with E-state index < -0.39 is 53.6 Å². The standard InChI is InChI=1S/C16H11F7N4O3/c1-7-5-10(15(19,20)21)25-13(24-7)27-14(29)26-11(28)8-3-2-4-9(6-8)30-16(22,23)12(17)18/h2-6,12H,1H3,(H2,24,25,26,27,28,29). The van der Waals surface area contributed by atoms with Crippen molar-refractivity contribution in [3.05, 3.63) is 47.3 Å². The van der Waals surface area contributed by atoms with Gasteiger partial charge in [0, 0.05) is 11.3 Å². The average molecular weight is 440 g/mol. The van der Waals surface area contributed by atoms with E-state index in [1.807, 2.05) is 5.32 Å². The molecule has 0 radical (unpaired) electrons. The van der Waals surface area contributed by atoms with Gasteiger partial charge in [-0.25, -0.2) is 14.8 Å². The van der Waals surface area contributed by atoms with E-state index in [1.54, 1.807) is 5.32 Å². The van der Waals surface area contributed by atoms with Crippen LogP contribution in [0.3, 0.4) is 0 Å². The van der Waals surface area contributed by atoms with Gasteiger partial charge in [-0.15, -0.1) is 0 Å². The van der Waals surface area contributed by atoms with Crippen LogP contribution < -0.4 is 15.4 Å².